The topological polar surface area (TPSA) is 92.6 Å². The van der Waals surface area contributed by atoms with Gasteiger partial charge >= 0.3 is 6.18 Å². The zero-order valence-corrected chi connectivity index (χ0v) is 14.1. The molecule has 6 nitrogen and oxygen atoms in total. The molecule has 4 N–H and O–H groups in total. The van der Waals surface area contributed by atoms with Crippen LogP contribution in [-0.4, -0.2) is 25.5 Å². The lowest BCUT2D eigenvalue weighted by atomic mass is 10.1. The lowest BCUT2D eigenvalue weighted by Crippen LogP contribution is -2.37. The monoisotopic (exact) mass is 368 g/mol. The van der Waals surface area contributed by atoms with E-state index in [-0.39, 0.29) is 5.76 Å². The highest BCUT2D eigenvalue weighted by Crippen LogP contribution is 2.29. The van der Waals surface area contributed by atoms with Gasteiger partial charge in [-0.25, -0.2) is 0 Å². The molecule has 0 radical (unpaired) electrons. The van der Waals surface area contributed by atoms with E-state index in [1.165, 1.54) is 18.2 Å². The Morgan fingerprint density at radius 2 is 1.85 bits per heavy atom. The number of carbonyl (C=O) groups is 1. The molecule has 2 rings (SSSR count). The van der Waals surface area contributed by atoms with Crippen LogP contribution < -0.4 is 16.4 Å². The lowest BCUT2D eigenvalue weighted by Gasteiger charge is -2.11. The van der Waals surface area contributed by atoms with E-state index in [2.05, 4.69) is 15.6 Å². The van der Waals surface area contributed by atoms with Crippen LogP contribution in [0.5, 0.6) is 0 Å². The first-order valence-electron chi connectivity index (χ1n) is 7.79. The minimum absolute atomic E-state index is 0.0760. The molecule has 0 saturated heterocycles. The van der Waals surface area contributed by atoms with Gasteiger partial charge in [-0.15, -0.1) is 0 Å². The second kappa shape index (κ2) is 8.41. The van der Waals surface area contributed by atoms with Crippen LogP contribution in [-0.2, 0) is 19.1 Å². The average Bonchev–Trinajstić information content (AvgIpc) is 3.07. The normalized spacial score (nSPS) is 12.1. The third-order valence-corrected chi connectivity index (χ3v) is 3.55. The van der Waals surface area contributed by atoms with E-state index in [0.717, 1.165) is 17.7 Å². The van der Waals surface area contributed by atoms with E-state index < -0.39 is 17.6 Å². The quantitative estimate of drug-likeness (QED) is 0.539. The number of alkyl halides is 3. The number of nitrogens with one attached hydrogen (secondary N) is 2. The van der Waals surface area contributed by atoms with Gasteiger partial charge in [0.1, 0.15) is 5.76 Å². The molecule has 0 bridgehead atoms. The minimum Gasteiger partial charge on any atom is -0.454 e. The van der Waals surface area contributed by atoms with Crippen molar-refractivity contribution >= 4 is 11.9 Å². The van der Waals surface area contributed by atoms with E-state index in [4.69, 9.17) is 10.2 Å². The smallest absolute Gasteiger partial charge is 0.416 e. The largest absolute Gasteiger partial charge is 0.454 e. The highest BCUT2D eigenvalue weighted by Gasteiger charge is 2.29. The molecule has 9 heteroatoms. The van der Waals surface area contributed by atoms with Gasteiger partial charge in [-0.05, 0) is 36.2 Å². The van der Waals surface area contributed by atoms with Crippen LogP contribution in [0.1, 0.15) is 27.4 Å². The summed E-state index contributed by atoms with van der Waals surface area (Å²) in [6.45, 7) is 0.781. The maximum atomic E-state index is 12.5. The number of aliphatic imine (C=N–C) groups is 1. The molecule has 0 spiro atoms. The zero-order valence-electron chi connectivity index (χ0n) is 14.1. The van der Waals surface area contributed by atoms with Gasteiger partial charge in [0.15, 0.2) is 11.7 Å². The van der Waals surface area contributed by atoms with Crippen molar-refractivity contribution in [2.45, 2.75) is 19.1 Å². The standard InChI is InChI=1S/C17H19F3N4O2/c1-22-16(24-10-13-6-7-14(26-13)15(21)25)23-9-8-11-2-4-12(5-3-11)17(18,19)20/h2-7H,8-10H2,1H3,(H2,21,25)(H2,22,23,24). The van der Waals surface area contributed by atoms with Crippen LogP contribution in [0.4, 0.5) is 13.2 Å². The summed E-state index contributed by atoms with van der Waals surface area (Å²) in [6, 6.07) is 8.15. The molecule has 1 heterocycles. The molecule has 1 aromatic carbocycles. The van der Waals surface area contributed by atoms with E-state index in [9.17, 15) is 18.0 Å². The predicted octanol–water partition coefficient (Wildman–Crippen LogP) is 2.31. The molecule has 1 amide bonds. The molecule has 0 atom stereocenters. The Kier molecular flexibility index (Phi) is 6.26. The van der Waals surface area contributed by atoms with Crippen molar-refractivity contribution in [1.29, 1.82) is 0 Å². The fourth-order valence-corrected chi connectivity index (χ4v) is 2.18. The Bertz CT molecular complexity index is 767. The van der Waals surface area contributed by atoms with E-state index in [1.807, 2.05) is 0 Å². The molecule has 140 valence electrons. The Labute approximate surface area is 148 Å². The average molecular weight is 368 g/mol. The molecule has 0 aliphatic carbocycles. The lowest BCUT2D eigenvalue weighted by molar-refractivity contribution is -0.137. The van der Waals surface area contributed by atoms with Crippen molar-refractivity contribution in [3.05, 3.63) is 59.0 Å². The SMILES string of the molecule is CN=C(NCCc1ccc(C(F)(F)F)cc1)NCc1ccc(C(N)=O)o1. The van der Waals surface area contributed by atoms with E-state index in [1.54, 1.807) is 13.1 Å². The van der Waals surface area contributed by atoms with Gasteiger partial charge in [-0.3, -0.25) is 9.79 Å². The number of rotatable bonds is 6. The molecule has 0 aliphatic rings. The fourth-order valence-electron chi connectivity index (χ4n) is 2.18. The van der Waals surface area contributed by atoms with Crippen LogP contribution in [0.2, 0.25) is 0 Å². The predicted molar refractivity (Wildman–Crippen MR) is 90.6 cm³/mol. The van der Waals surface area contributed by atoms with Gasteiger partial charge in [0.2, 0.25) is 0 Å². The summed E-state index contributed by atoms with van der Waals surface area (Å²) < 4.78 is 42.8. The molecule has 1 aromatic heterocycles. The van der Waals surface area contributed by atoms with Crippen LogP contribution in [0.3, 0.4) is 0 Å². The summed E-state index contributed by atoms with van der Waals surface area (Å²) in [5.74, 6) is 0.445. The van der Waals surface area contributed by atoms with Gasteiger partial charge in [-0.1, -0.05) is 12.1 Å². The third-order valence-electron chi connectivity index (χ3n) is 3.55. The number of hydrogen-bond acceptors (Lipinski definition) is 3. The minimum atomic E-state index is -4.33. The number of nitrogens with zero attached hydrogens (tertiary/aromatic N) is 1. The molecule has 0 aliphatic heterocycles. The second-order valence-corrected chi connectivity index (χ2v) is 5.43. The van der Waals surface area contributed by atoms with Crippen LogP contribution in [0.25, 0.3) is 0 Å². The summed E-state index contributed by atoms with van der Waals surface area (Å²) >= 11 is 0. The molecular weight excluding hydrogens is 349 g/mol. The highest BCUT2D eigenvalue weighted by atomic mass is 19.4. The second-order valence-electron chi connectivity index (χ2n) is 5.43. The van der Waals surface area contributed by atoms with Crippen molar-refractivity contribution in [3.8, 4) is 0 Å². The maximum absolute atomic E-state index is 12.5. The van der Waals surface area contributed by atoms with Crippen molar-refractivity contribution in [1.82, 2.24) is 10.6 Å². The van der Waals surface area contributed by atoms with Crippen LogP contribution in [0.15, 0.2) is 45.8 Å². The van der Waals surface area contributed by atoms with E-state index in [0.29, 0.717) is 31.2 Å². The summed E-state index contributed by atoms with van der Waals surface area (Å²) in [5.41, 5.74) is 5.22. The third kappa shape index (κ3) is 5.54. The van der Waals surface area contributed by atoms with Gasteiger partial charge < -0.3 is 20.8 Å². The number of furan rings is 1. The summed E-state index contributed by atoms with van der Waals surface area (Å²) in [6.07, 6.45) is -3.80. The van der Waals surface area contributed by atoms with E-state index >= 15 is 0 Å². The van der Waals surface area contributed by atoms with Crippen LogP contribution in [0, 0.1) is 0 Å². The first-order valence-corrected chi connectivity index (χ1v) is 7.79. The summed E-state index contributed by atoms with van der Waals surface area (Å²) in [5, 5.41) is 6.04. The highest BCUT2D eigenvalue weighted by molar-refractivity contribution is 5.89. The summed E-state index contributed by atoms with van der Waals surface area (Å²) in [4.78, 5) is 15.0. The molecule has 0 unspecified atom stereocenters. The Hall–Kier alpha value is -2.97. The van der Waals surface area contributed by atoms with Crippen LogP contribution >= 0.6 is 0 Å². The number of nitrogens with two attached hydrogens (primary N) is 1. The maximum Gasteiger partial charge on any atom is 0.416 e. The molecule has 2 aromatic rings. The fraction of sp³-hybridized carbons (Fsp3) is 0.294. The zero-order chi connectivity index (χ0) is 19.2. The molecular formula is C17H19F3N4O2. The number of carbonyl (C=O) groups excluding carboxylic acids is 1. The summed E-state index contributed by atoms with van der Waals surface area (Å²) in [7, 11) is 1.59. The van der Waals surface area contributed by atoms with Gasteiger partial charge in [0, 0.05) is 13.6 Å². The number of halogens is 3. The van der Waals surface area contributed by atoms with Crippen molar-refractivity contribution in [3.63, 3.8) is 0 Å². The first kappa shape index (κ1) is 19.4. The first-order chi connectivity index (χ1) is 12.3. The Morgan fingerprint density at radius 1 is 1.15 bits per heavy atom. The number of hydrogen-bond donors (Lipinski definition) is 3. The Balaban J connectivity index is 1.78. The van der Waals surface area contributed by atoms with Crippen molar-refractivity contribution < 1.29 is 22.4 Å². The molecule has 0 fully saturated rings. The van der Waals surface area contributed by atoms with Gasteiger partial charge in [-0.2, -0.15) is 13.2 Å². The van der Waals surface area contributed by atoms with Gasteiger partial charge in [0.25, 0.3) is 5.91 Å². The number of primary amides is 1. The van der Waals surface area contributed by atoms with Crippen molar-refractivity contribution in [2.75, 3.05) is 13.6 Å². The number of benzene rings is 1. The van der Waals surface area contributed by atoms with Crippen molar-refractivity contribution in [2.24, 2.45) is 10.7 Å². The Morgan fingerprint density at radius 3 is 2.38 bits per heavy atom. The molecule has 26 heavy (non-hydrogen) atoms. The number of amides is 1. The number of guanidine groups is 1. The van der Waals surface area contributed by atoms with Gasteiger partial charge in [0.05, 0.1) is 12.1 Å². The molecule has 0 saturated carbocycles.